The van der Waals surface area contributed by atoms with Gasteiger partial charge in [-0.05, 0) is 24.6 Å². The van der Waals surface area contributed by atoms with Gasteiger partial charge in [-0.1, -0.05) is 23.7 Å². The Kier molecular flexibility index (Phi) is 4.60. The van der Waals surface area contributed by atoms with Crippen LogP contribution in [0.15, 0.2) is 41.9 Å². The highest BCUT2D eigenvalue weighted by Crippen LogP contribution is 2.40. The number of nitrogens with zero attached hydrogens (tertiary/aromatic N) is 4. The lowest BCUT2D eigenvalue weighted by Gasteiger charge is -2.32. The van der Waals surface area contributed by atoms with Crippen LogP contribution in [0.3, 0.4) is 0 Å². The Balaban J connectivity index is 1.72. The lowest BCUT2D eigenvalue weighted by Crippen LogP contribution is -2.45. The molecule has 0 spiro atoms. The minimum Gasteiger partial charge on any atom is -0.387 e. The maximum absolute atomic E-state index is 11.1. The molecule has 1 unspecified atom stereocenters. The number of aromatic nitrogens is 4. The monoisotopic (exact) mass is 406 g/mol. The Morgan fingerprint density at radius 2 is 2.00 bits per heavy atom. The molecule has 0 aliphatic carbocycles. The third-order valence-electron chi connectivity index (χ3n) is 5.01. The van der Waals surface area contributed by atoms with E-state index in [1.807, 2.05) is 0 Å². The van der Waals surface area contributed by atoms with Gasteiger partial charge in [0.05, 0.1) is 17.9 Å². The number of aliphatic hydroxyl groups is 3. The quantitative estimate of drug-likeness (QED) is 0.296. The van der Waals surface area contributed by atoms with Crippen molar-refractivity contribution in [3.63, 3.8) is 0 Å². The fourth-order valence-corrected chi connectivity index (χ4v) is 3.59. The van der Waals surface area contributed by atoms with Gasteiger partial charge in [-0.2, -0.15) is 10.2 Å². The van der Waals surface area contributed by atoms with E-state index < -0.39 is 30.1 Å². The van der Waals surface area contributed by atoms with Crippen LogP contribution < -0.4 is 11.3 Å². The van der Waals surface area contributed by atoms with Crippen molar-refractivity contribution in [3.8, 4) is 0 Å². The van der Waals surface area contributed by atoms with Crippen LogP contribution in [0.1, 0.15) is 18.7 Å². The number of aromatic amines is 1. The molecule has 1 aliphatic rings. The zero-order valence-electron chi connectivity index (χ0n) is 14.8. The van der Waals surface area contributed by atoms with Gasteiger partial charge in [-0.25, -0.2) is 9.67 Å². The van der Waals surface area contributed by atoms with Gasteiger partial charge in [0, 0.05) is 5.02 Å². The Hall–Kier alpha value is -2.50. The summed E-state index contributed by atoms with van der Waals surface area (Å²) in [7, 11) is 0. The smallest absolute Gasteiger partial charge is 0.185 e. The summed E-state index contributed by atoms with van der Waals surface area (Å²) in [5.41, 5.74) is -0.398. The SMILES string of the molecule is CC(O)(c1ccc(Cl)cc1)[C@H]1O[C@@H](n2ncc3c(=NN)nc[nH]c32)[C@H](O)[C@@H]1O. The van der Waals surface area contributed by atoms with E-state index in [0.717, 1.165) is 0 Å². The van der Waals surface area contributed by atoms with Crippen LogP contribution >= 0.6 is 11.6 Å². The molecule has 3 aromatic rings. The average Bonchev–Trinajstić information content (AvgIpc) is 3.24. The zero-order chi connectivity index (χ0) is 20.1. The summed E-state index contributed by atoms with van der Waals surface area (Å²) in [6.45, 7) is 1.50. The number of benzene rings is 1. The number of nitrogens with two attached hydrogens (primary N) is 1. The molecule has 1 aromatic carbocycles. The first kappa shape index (κ1) is 18.8. The van der Waals surface area contributed by atoms with Crippen LogP contribution in [0, 0.1) is 0 Å². The second-order valence-electron chi connectivity index (χ2n) is 6.79. The molecule has 4 rings (SSSR count). The Labute approximate surface area is 163 Å². The number of hydrogen-bond acceptors (Lipinski definition) is 8. The van der Waals surface area contributed by atoms with E-state index in [-0.39, 0.29) is 5.49 Å². The standard InChI is InChI=1S/C17H19ClN6O4/c1-17(27,8-2-4-9(18)5-3-8)13-11(25)12(26)16(28-13)24-15-10(6-22-24)14(23-19)20-7-21-15/h2-7,11-13,16,25-27H,19H2,1H3,(H,20,21,23)/t11-,12+,13-,16+,17?/m0/s1. The van der Waals surface area contributed by atoms with Crippen molar-refractivity contribution in [2.75, 3.05) is 0 Å². The molecule has 11 heteroatoms. The van der Waals surface area contributed by atoms with E-state index >= 15 is 0 Å². The molecule has 28 heavy (non-hydrogen) atoms. The number of ether oxygens (including phenoxy) is 1. The third-order valence-corrected chi connectivity index (χ3v) is 5.26. The summed E-state index contributed by atoms with van der Waals surface area (Å²) in [5, 5.41) is 41.1. The third kappa shape index (κ3) is 2.86. The van der Waals surface area contributed by atoms with Gasteiger partial charge >= 0.3 is 0 Å². The predicted molar refractivity (Wildman–Crippen MR) is 98.6 cm³/mol. The van der Waals surface area contributed by atoms with Crippen molar-refractivity contribution >= 4 is 22.6 Å². The number of rotatable bonds is 3. The maximum atomic E-state index is 11.1. The van der Waals surface area contributed by atoms with E-state index in [4.69, 9.17) is 22.2 Å². The van der Waals surface area contributed by atoms with Gasteiger partial charge in [0.1, 0.15) is 29.6 Å². The number of hydrogen-bond donors (Lipinski definition) is 5. The number of halogens is 1. The summed E-state index contributed by atoms with van der Waals surface area (Å²) < 4.78 is 7.24. The molecular weight excluding hydrogens is 388 g/mol. The summed E-state index contributed by atoms with van der Waals surface area (Å²) in [5.74, 6) is 5.33. The van der Waals surface area contributed by atoms with Crippen molar-refractivity contribution in [3.05, 3.63) is 52.9 Å². The topological polar surface area (TPSA) is 155 Å². The zero-order valence-corrected chi connectivity index (χ0v) is 15.5. The van der Waals surface area contributed by atoms with Crippen molar-refractivity contribution in [1.29, 1.82) is 0 Å². The molecule has 148 valence electrons. The average molecular weight is 407 g/mol. The lowest BCUT2D eigenvalue weighted by atomic mass is 9.87. The van der Waals surface area contributed by atoms with Crippen molar-refractivity contribution < 1.29 is 20.1 Å². The molecule has 1 saturated heterocycles. The highest BCUT2D eigenvalue weighted by molar-refractivity contribution is 6.30. The van der Waals surface area contributed by atoms with Gasteiger partial charge in [-0.15, -0.1) is 0 Å². The Morgan fingerprint density at radius 1 is 1.29 bits per heavy atom. The fourth-order valence-electron chi connectivity index (χ4n) is 3.47. The van der Waals surface area contributed by atoms with Crippen LogP contribution in [0.2, 0.25) is 5.02 Å². The second-order valence-corrected chi connectivity index (χ2v) is 7.23. The summed E-state index contributed by atoms with van der Waals surface area (Å²) in [6.07, 6.45) is -2.03. The molecule has 0 radical (unpaired) electrons. The minimum absolute atomic E-state index is 0.262. The van der Waals surface area contributed by atoms with Gasteiger partial charge in [0.25, 0.3) is 0 Å². The largest absolute Gasteiger partial charge is 0.387 e. The molecule has 1 fully saturated rings. The number of fused-ring (bicyclic) bond motifs is 1. The van der Waals surface area contributed by atoms with Crippen LogP contribution in [0.25, 0.3) is 11.0 Å². The van der Waals surface area contributed by atoms with Crippen molar-refractivity contribution in [1.82, 2.24) is 19.7 Å². The van der Waals surface area contributed by atoms with Crippen molar-refractivity contribution in [2.24, 2.45) is 10.9 Å². The van der Waals surface area contributed by atoms with Crippen LogP contribution in [-0.4, -0.2) is 53.4 Å². The number of aliphatic hydroxyl groups excluding tert-OH is 2. The highest BCUT2D eigenvalue weighted by atomic mass is 35.5. The molecule has 0 amide bonds. The normalized spacial score (nSPS) is 28.0. The van der Waals surface area contributed by atoms with Gasteiger partial charge in [0.15, 0.2) is 11.7 Å². The van der Waals surface area contributed by atoms with E-state index in [2.05, 4.69) is 20.2 Å². The molecule has 0 bridgehead atoms. The molecule has 3 heterocycles. The molecular formula is C17H19ClN6O4. The Bertz CT molecular complexity index is 1060. The maximum Gasteiger partial charge on any atom is 0.185 e. The summed E-state index contributed by atoms with van der Waals surface area (Å²) >= 11 is 5.91. The first-order valence-corrected chi connectivity index (χ1v) is 8.87. The van der Waals surface area contributed by atoms with Crippen molar-refractivity contribution in [2.45, 2.75) is 37.1 Å². The Morgan fingerprint density at radius 3 is 2.68 bits per heavy atom. The molecule has 1 aliphatic heterocycles. The highest BCUT2D eigenvalue weighted by Gasteiger charge is 2.52. The van der Waals surface area contributed by atoms with Crippen LogP contribution in [-0.2, 0) is 10.3 Å². The van der Waals surface area contributed by atoms with E-state index in [0.29, 0.717) is 21.6 Å². The summed E-state index contributed by atoms with van der Waals surface area (Å²) in [4.78, 5) is 6.90. The second kappa shape index (κ2) is 6.83. The minimum atomic E-state index is -1.59. The molecule has 2 aromatic heterocycles. The molecule has 10 nitrogen and oxygen atoms in total. The lowest BCUT2D eigenvalue weighted by molar-refractivity contribution is -0.137. The van der Waals surface area contributed by atoms with Gasteiger partial charge in [-0.3, -0.25) is 0 Å². The van der Waals surface area contributed by atoms with Gasteiger partial charge < -0.3 is 30.9 Å². The predicted octanol–water partition coefficient (Wildman–Crippen LogP) is -0.286. The molecule has 6 N–H and O–H groups in total. The fraction of sp³-hybridized carbons (Fsp3) is 0.353. The van der Waals surface area contributed by atoms with E-state index in [1.165, 1.54) is 24.1 Å². The number of H-pyrrole nitrogens is 1. The van der Waals surface area contributed by atoms with E-state index in [1.54, 1.807) is 24.3 Å². The first-order chi connectivity index (χ1) is 13.3. The van der Waals surface area contributed by atoms with Gasteiger partial charge in [0.2, 0.25) is 0 Å². The molecule has 0 saturated carbocycles. The first-order valence-electron chi connectivity index (χ1n) is 8.49. The summed E-state index contributed by atoms with van der Waals surface area (Å²) in [6, 6.07) is 6.52. The van der Waals surface area contributed by atoms with Crippen LogP contribution in [0.5, 0.6) is 0 Å². The number of nitrogens with one attached hydrogen (secondary N) is 1. The molecule has 5 atom stereocenters. The van der Waals surface area contributed by atoms with Crippen LogP contribution in [0.4, 0.5) is 0 Å². The van der Waals surface area contributed by atoms with E-state index in [9.17, 15) is 15.3 Å².